The van der Waals surface area contributed by atoms with Gasteiger partial charge in [0.2, 0.25) is 0 Å². The number of unbranched alkanes of at least 4 members (excludes halogenated alkanes) is 19. The van der Waals surface area contributed by atoms with Crippen LogP contribution in [0.15, 0.2) is 24.3 Å². The zero-order chi connectivity index (χ0) is 32.6. The minimum absolute atomic E-state index is 0.0203. The summed E-state index contributed by atoms with van der Waals surface area (Å²) in [4.78, 5) is 14.5. The summed E-state index contributed by atoms with van der Waals surface area (Å²) in [5, 5.41) is 9.28. The highest BCUT2D eigenvalue weighted by atomic mass is 16.5. The van der Waals surface area contributed by atoms with Gasteiger partial charge in [0.05, 0.1) is 6.61 Å². The van der Waals surface area contributed by atoms with Gasteiger partial charge in [0, 0.05) is 19.6 Å². The van der Waals surface area contributed by atoms with Crippen LogP contribution >= 0.6 is 0 Å². The summed E-state index contributed by atoms with van der Waals surface area (Å²) in [5.41, 5.74) is 0. The lowest BCUT2D eigenvalue weighted by molar-refractivity contribution is -0.143. The molecular weight excluding hydrogens is 542 g/mol. The maximum Gasteiger partial charge on any atom is 0.305 e. The number of carbonyl (C=O) groups is 1. The van der Waals surface area contributed by atoms with Gasteiger partial charge < -0.3 is 14.7 Å². The highest BCUT2D eigenvalue weighted by Crippen LogP contribution is 2.12. The molecule has 0 spiro atoms. The molecule has 1 N–H and O–H groups in total. The van der Waals surface area contributed by atoms with Crippen molar-refractivity contribution in [2.24, 2.45) is 0 Å². The quantitative estimate of drug-likeness (QED) is 0.0441. The van der Waals surface area contributed by atoms with Crippen LogP contribution < -0.4 is 0 Å². The fourth-order valence-electron chi connectivity index (χ4n) is 5.41. The van der Waals surface area contributed by atoms with Crippen molar-refractivity contribution in [3.63, 3.8) is 0 Å². The molecule has 0 unspecified atom stereocenters. The van der Waals surface area contributed by atoms with Crippen molar-refractivity contribution in [3.05, 3.63) is 24.3 Å². The van der Waals surface area contributed by atoms with Crippen LogP contribution in [0.25, 0.3) is 0 Å². The summed E-state index contributed by atoms with van der Waals surface area (Å²) in [7, 11) is 0. The normalized spacial score (nSPS) is 11.5. The van der Waals surface area contributed by atoms with Crippen LogP contribution in [0, 0.1) is 0 Å². The third kappa shape index (κ3) is 38.9. The summed E-state index contributed by atoms with van der Waals surface area (Å²) < 4.78 is 5.44. The van der Waals surface area contributed by atoms with Crippen LogP contribution in [-0.2, 0) is 9.53 Å². The third-order valence-electron chi connectivity index (χ3n) is 8.17. The van der Waals surface area contributed by atoms with Gasteiger partial charge in [0.15, 0.2) is 0 Å². The third-order valence-corrected chi connectivity index (χ3v) is 8.17. The van der Waals surface area contributed by atoms with E-state index in [2.05, 4.69) is 43.1 Å². The molecular formula is C40H79NO3. The number of aliphatic hydroxyl groups excluding tert-OH is 1. The van der Waals surface area contributed by atoms with E-state index in [0.29, 0.717) is 13.0 Å². The Morgan fingerprint density at radius 3 is 1.55 bits per heavy atom. The van der Waals surface area contributed by atoms with E-state index >= 15 is 0 Å². The number of ether oxygens (including phenoxy) is 1. The predicted molar refractivity (Wildman–Crippen MR) is 196 cm³/mol. The standard InChI is InChI=1S/C38H73NO3.C2H6/c1-3-5-7-9-11-13-14-15-16-17-18-19-20-22-24-28-33-39(35-31-36-40)34-29-26-27-32-38(41)42-37-30-25-23-21-12-10-8-6-4-2;1-2/h11,13,15-16,40H,3-10,12,14,17-37H2,1-2H3;1-2H3/b13-11+,16-15+;. The Kier molecular flexibility index (Phi) is 42.8. The molecule has 262 valence electrons. The molecule has 44 heavy (non-hydrogen) atoms. The molecule has 0 amide bonds. The molecule has 0 heterocycles. The number of aliphatic hydroxyl groups is 1. The number of nitrogens with zero attached hydrogens (tertiary/aromatic N) is 1. The van der Waals surface area contributed by atoms with Crippen molar-refractivity contribution in [1.29, 1.82) is 0 Å². The van der Waals surface area contributed by atoms with Gasteiger partial charge in [-0.15, -0.1) is 0 Å². The van der Waals surface area contributed by atoms with E-state index in [9.17, 15) is 9.90 Å². The van der Waals surface area contributed by atoms with Gasteiger partial charge >= 0.3 is 5.97 Å². The van der Waals surface area contributed by atoms with E-state index in [1.807, 2.05) is 13.8 Å². The minimum atomic E-state index is -0.0203. The molecule has 0 atom stereocenters. The van der Waals surface area contributed by atoms with Crippen molar-refractivity contribution in [2.45, 2.75) is 195 Å². The first kappa shape index (κ1) is 45.0. The smallest absolute Gasteiger partial charge is 0.305 e. The minimum Gasteiger partial charge on any atom is -0.466 e. The zero-order valence-electron chi connectivity index (χ0n) is 30.4. The molecule has 0 aromatic carbocycles. The summed E-state index contributed by atoms with van der Waals surface area (Å²) in [6.45, 7) is 12.6. The molecule has 0 aromatic rings. The molecule has 0 saturated carbocycles. The van der Waals surface area contributed by atoms with Crippen molar-refractivity contribution in [1.82, 2.24) is 4.90 Å². The molecule has 0 radical (unpaired) electrons. The highest BCUT2D eigenvalue weighted by Gasteiger charge is 2.06. The Balaban J connectivity index is 0. The topological polar surface area (TPSA) is 49.8 Å². The highest BCUT2D eigenvalue weighted by molar-refractivity contribution is 5.69. The van der Waals surface area contributed by atoms with Crippen molar-refractivity contribution in [2.75, 3.05) is 32.8 Å². The molecule has 0 fully saturated rings. The number of hydrogen-bond acceptors (Lipinski definition) is 4. The van der Waals surface area contributed by atoms with E-state index in [1.165, 1.54) is 122 Å². The van der Waals surface area contributed by atoms with Gasteiger partial charge in [-0.1, -0.05) is 148 Å². The van der Waals surface area contributed by atoms with E-state index in [4.69, 9.17) is 4.74 Å². The number of carbonyl (C=O) groups excluding carboxylic acids is 1. The molecule has 0 bridgehead atoms. The number of rotatable bonds is 34. The first-order chi connectivity index (χ1) is 21.7. The van der Waals surface area contributed by atoms with Gasteiger partial charge in [-0.2, -0.15) is 0 Å². The van der Waals surface area contributed by atoms with Crippen molar-refractivity contribution < 1.29 is 14.6 Å². The van der Waals surface area contributed by atoms with Crippen LogP contribution in [0.4, 0.5) is 0 Å². The van der Waals surface area contributed by atoms with Crippen LogP contribution in [0.3, 0.4) is 0 Å². The predicted octanol–water partition coefficient (Wildman–Crippen LogP) is 12.1. The lowest BCUT2D eigenvalue weighted by atomic mass is 10.1. The Morgan fingerprint density at radius 1 is 0.545 bits per heavy atom. The van der Waals surface area contributed by atoms with E-state index in [1.54, 1.807) is 0 Å². The van der Waals surface area contributed by atoms with Crippen LogP contribution in [-0.4, -0.2) is 48.8 Å². The molecule has 0 rings (SSSR count). The summed E-state index contributed by atoms with van der Waals surface area (Å²) in [6.07, 6.45) is 40.8. The number of esters is 1. The molecule has 0 aliphatic rings. The van der Waals surface area contributed by atoms with Gasteiger partial charge in [-0.3, -0.25) is 4.79 Å². The van der Waals surface area contributed by atoms with Crippen molar-refractivity contribution >= 4 is 5.97 Å². The summed E-state index contributed by atoms with van der Waals surface area (Å²) in [5.74, 6) is -0.0203. The van der Waals surface area contributed by atoms with E-state index in [0.717, 1.165) is 58.2 Å². The Hall–Kier alpha value is -1.13. The van der Waals surface area contributed by atoms with Crippen LogP contribution in [0.1, 0.15) is 195 Å². The molecule has 0 aliphatic heterocycles. The number of hydrogen-bond donors (Lipinski definition) is 1. The lowest BCUT2D eigenvalue weighted by Crippen LogP contribution is -2.28. The first-order valence-corrected chi connectivity index (χ1v) is 19.5. The van der Waals surface area contributed by atoms with E-state index < -0.39 is 0 Å². The largest absolute Gasteiger partial charge is 0.466 e. The zero-order valence-corrected chi connectivity index (χ0v) is 30.4. The first-order valence-electron chi connectivity index (χ1n) is 19.5. The monoisotopic (exact) mass is 622 g/mol. The Morgan fingerprint density at radius 2 is 0.977 bits per heavy atom. The maximum absolute atomic E-state index is 12.0. The molecule has 0 aromatic heterocycles. The second-order valence-corrected chi connectivity index (χ2v) is 12.4. The fourth-order valence-corrected chi connectivity index (χ4v) is 5.41. The van der Waals surface area contributed by atoms with Gasteiger partial charge in [0.1, 0.15) is 0 Å². The molecule has 4 nitrogen and oxygen atoms in total. The van der Waals surface area contributed by atoms with Gasteiger partial charge in [-0.25, -0.2) is 0 Å². The second kappa shape index (κ2) is 41.9. The van der Waals surface area contributed by atoms with Gasteiger partial charge in [-0.05, 0) is 77.3 Å². The van der Waals surface area contributed by atoms with Crippen LogP contribution in [0.5, 0.6) is 0 Å². The lowest BCUT2D eigenvalue weighted by Gasteiger charge is -2.22. The SMILES string of the molecule is CC.CCCCC/C=C/C/C=C/CCCCCCCCN(CCCO)CCCCCC(=O)OCCCCCCCCCCC. The molecule has 0 saturated heterocycles. The average Bonchev–Trinajstić information content (AvgIpc) is 3.04. The molecule has 0 aliphatic carbocycles. The van der Waals surface area contributed by atoms with Crippen molar-refractivity contribution in [3.8, 4) is 0 Å². The number of allylic oxidation sites excluding steroid dienone is 4. The Bertz CT molecular complexity index is 589. The van der Waals surface area contributed by atoms with E-state index in [-0.39, 0.29) is 12.6 Å². The average molecular weight is 622 g/mol. The summed E-state index contributed by atoms with van der Waals surface area (Å²) >= 11 is 0. The maximum atomic E-state index is 12.0. The van der Waals surface area contributed by atoms with Gasteiger partial charge in [0.25, 0.3) is 0 Å². The summed E-state index contributed by atoms with van der Waals surface area (Å²) in [6, 6.07) is 0. The second-order valence-electron chi connectivity index (χ2n) is 12.4. The molecule has 4 heteroatoms. The Labute approximate surface area is 276 Å². The fraction of sp³-hybridized carbons (Fsp3) is 0.875. The van der Waals surface area contributed by atoms with Crippen LogP contribution in [0.2, 0.25) is 0 Å².